The van der Waals surface area contributed by atoms with Crippen molar-refractivity contribution in [3.63, 3.8) is 0 Å². The Morgan fingerprint density at radius 2 is 1.81 bits per heavy atom. The summed E-state index contributed by atoms with van der Waals surface area (Å²) in [6, 6.07) is 17.1. The second kappa shape index (κ2) is 7.91. The zero-order valence-corrected chi connectivity index (χ0v) is 15.2. The fourth-order valence-electron chi connectivity index (χ4n) is 3.03. The lowest BCUT2D eigenvalue weighted by Crippen LogP contribution is -2.36. The maximum absolute atomic E-state index is 11.2. The van der Waals surface area contributed by atoms with Crippen molar-refractivity contribution in [3.8, 4) is 0 Å². The third-order valence-electron chi connectivity index (χ3n) is 4.51. The van der Waals surface area contributed by atoms with E-state index in [1.54, 1.807) is 6.92 Å². The first-order valence-corrected chi connectivity index (χ1v) is 8.82. The van der Waals surface area contributed by atoms with E-state index in [4.69, 9.17) is 11.6 Å². The van der Waals surface area contributed by atoms with E-state index in [9.17, 15) is 15.1 Å². The van der Waals surface area contributed by atoms with E-state index >= 15 is 0 Å². The van der Waals surface area contributed by atoms with Crippen molar-refractivity contribution in [1.29, 1.82) is 0 Å². The van der Waals surface area contributed by atoms with Crippen molar-refractivity contribution in [2.75, 3.05) is 0 Å². The van der Waals surface area contributed by atoms with E-state index in [1.807, 2.05) is 65.7 Å². The molecular formula is C20H21ClN2O3. The minimum Gasteiger partial charge on any atom is -0.481 e. The van der Waals surface area contributed by atoms with Crippen LogP contribution in [0.1, 0.15) is 30.5 Å². The van der Waals surface area contributed by atoms with Gasteiger partial charge in [-0.05, 0) is 29.3 Å². The number of halogens is 1. The van der Waals surface area contributed by atoms with Crippen molar-refractivity contribution < 1.29 is 15.1 Å². The molecule has 26 heavy (non-hydrogen) atoms. The highest BCUT2D eigenvalue weighted by Gasteiger charge is 2.33. The lowest BCUT2D eigenvalue weighted by atomic mass is 10.0. The molecule has 2 atom stereocenters. The van der Waals surface area contributed by atoms with Crippen LogP contribution in [-0.4, -0.2) is 26.5 Å². The molecule has 0 saturated carbocycles. The number of nitrogens with zero attached hydrogens (tertiary/aromatic N) is 2. The zero-order chi connectivity index (χ0) is 18.7. The predicted octanol–water partition coefficient (Wildman–Crippen LogP) is 4.50. The number of aliphatic carboxylic acids is 1. The summed E-state index contributed by atoms with van der Waals surface area (Å²) < 4.78 is 0. The molecule has 0 spiro atoms. The Labute approximate surface area is 157 Å². The smallest absolute Gasteiger partial charge is 0.306 e. The van der Waals surface area contributed by atoms with Gasteiger partial charge in [-0.1, -0.05) is 61.0 Å². The number of carboxylic acid groups (broad SMARTS) is 1. The Bertz CT molecular complexity index is 792. The van der Waals surface area contributed by atoms with Gasteiger partial charge in [0.2, 0.25) is 0 Å². The molecule has 1 heterocycles. The first-order chi connectivity index (χ1) is 12.5. The second-order valence-electron chi connectivity index (χ2n) is 6.47. The summed E-state index contributed by atoms with van der Waals surface area (Å²) in [5.41, 5.74) is 2.60. The molecule has 2 N–H and O–H groups in total. The van der Waals surface area contributed by atoms with Crippen LogP contribution in [0.4, 0.5) is 0 Å². The van der Waals surface area contributed by atoms with Crippen LogP contribution in [0.15, 0.2) is 66.4 Å². The third kappa shape index (κ3) is 4.07. The largest absolute Gasteiger partial charge is 0.481 e. The average molecular weight is 373 g/mol. The van der Waals surface area contributed by atoms with Gasteiger partial charge in [0, 0.05) is 18.0 Å². The number of allylic oxidation sites excluding steroid dienone is 1. The Balaban J connectivity index is 1.90. The van der Waals surface area contributed by atoms with E-state index in [1.165, 1.54) is 0 Å². The van der Waals surface area contributed by atoms with Gasteiger partial charge in [-0.2, -0.15) is 10.2 Å². The van der Waals surface area contributed by atoms with Gasteiger partial charge < -0.3 is 5.11 Å². The lowest BCUT2D eigenvalue weighted by Gasteiger charge is -2.31. The molecule has 1 aliphatic heterocycles. The van der Waals surface area contributed by atoms with Crippen LogP contribution >= 0.6 is 11.6 Å². The second-order valence-corrected chi connectivity index (χ2v) is 6.91. The molecule has 1 aliphatic rings. The van der Waals surface area contributed by atoms with Crippen LogP contribution in [0.2, 0.25) is 5.02 Å². The predicted molar refractivity (Wildman–Crippen MR) is 99.3 cm³/mol. The number of carbonyl (C=O) groups is 1. The van der Waals surface area contributed by atoms with Crippen LogP contribution in [0, 0.1) is 5.92 Å². The van der Waals surface area contributed by atoms with Crippen LogP contribution in [-0.2, 0) is 11.3 Å². The van der Waals surface area contributed by atoms with Crippen molar-refractivity contribution in [2.45, 2.75) is 25.9 Å². The van der Waals surface area contributed by atoms with Gasteiger partial charge in [-0.15, -0.1) is 0 Å². The Morgan fingerprint density at radius 3 is 2.42 bits per heavy atom. The summed E-state index contributed by atoms with van der Waals surface area (Å²) in [6.45, 7) is 2.13. The molecule has 0 fully saturated rings. The standard InChI is InChI=1S/C20H21ClN2O3/c1-14(20(24)25)11-18-12-19(16-7-9-17(21)10-8-16)22(23(18)26)13-15-5-3-2-4-6-15/h2-10,12,14,19,26H,11,13H2,1H3,(H,24,25). The molecule has 0 amide bonds. The molecule has 3 rings (SSSR count). The van der Waals surface area contributed by atoms with Gasteiger partial charge >= 0.3 is 5.97 Å². The maximum Gasteiger partial charge on any atom is 0.306 e. The van der Waals surface area contributed by atoms with Crippen LogP contribution in [0.5, 0.6) is 0 Å². The highest BCUT2D eigenvalue weighted by Crippen LogP contribution is 2.36. The minimum atomic E-state index is -0.885. The summed E-state index contributed by atoms with van der Waals surface area (Å²) in [6.07, 6.45) is 2.16. The fraction of sp³-hybridized carbons (Fsp3) is 0.250. The molecular weight excluding hydrogens is 352 g/mol. The topological polar surface area (TPSA) is 64.0 Å². The molecule has 0 aliphatic carbocycles. The van der Waals surface area contributed by atoms with E-state index in [0.717, 1.165) is 16.3 Å². The summed E-state index contributed by atoms with van der Waals surface area (Å²) in [7, 11) is 0. The van der Waals surface area contributed by atoms with Gasteiger partial charge in [0.05, 0.1) is 17.7 Å². The molecule has 2 aromatic rings. The van der Waals surface area contributed by atoms with E-state index < -0.39 is 11.9 Å². The van der Waals surface area contributed by atoms with E-state index in [-0.39, 0.29) is 12.5 Å². The third-order valence-corrected chi connectivity index (χ3v) is 4.76. The molecule has 0 aromatic heterocycles. The minimum absolute atomic E-state index is 0.200. The van der Waals surface area contributed by atoms with Gasteiger partial charge in [-0.25, -0.2) is 0 Å². The van der Waals surface area contributed by atoms with Crippen molar-refractivity contribution in [3.05, 3.63) is 82.5 Å². The molecule has 2 aromatic carbocycles. The number of rotatable bonds is 6. The fourth-order valence-corrected chi connectivity index (χ4v) is 3.16. The molecule has 0 bridgehead atoms. The van der Waals surface area contributed by atoms with Gasteiger partial charge in [0.1, 0.15) is 0 Å². The molecule has 2 unspecified atom stereocenters. The lowest BCUT2D eigenvalue weighted by molar-refractivity contribution is -0.223. The SMILES string of the molecule is CC(CC1=CC(c2ccc(Cl)cc2)N(Cc2ccccc2)N1O)C(=O)O. The average Bonchev–Trinajstić information content (AvgIpc) is 2.93. The summed E-state index contributed by atoms with van der Waals surface area (Å²) in [5, 5.41) is 23.4. The number of hydrazine groups is 1. The normalized spacial score (nSPS) is 18.7. The van der Waals surface area contributed by atoms with Crippen molar-refractivity contribution >= 4 is 17.6 Å². The number of hydrogen-bond donors (Lipinski definition) is 2. The highest BCUT2D eigenvalue weighted by molar-refractivity contribution is 6.30. The molecule has 0 saturated heterocycles. The van der Waals surface area contributed by atoms with Gasteiger partial charge in [-0.3, -0.25) is 10.0 Å². The first-order valence-electron chi connectivity index (χ1n) is 8.44. The molecule has 0 radical (unpaired) electrons. The molecule has 136 valence electrons. The maximum atomic E-state index is 11.2. The summed E-state index contributed by atoms with van der Waals surface area (Å²) in [4.78, 5) is 11.2. The number of hydrogen-bond acceptors (Lipinski definition) is 4. The summed E-state index contributed by atoms with van der Waals surface area (Å²) in [5.74, 6) is -1.47. The van der Waals surface area contributed by atoms with Gasteiger partial charge in [0.15, 0.2) is 0 Å². The quantitative estimate of drug-likeness (QED) is 0.781. The number of carboxylic acids is 1. The van der Waals surface area contributed by atoms with E-state index in [0.29, 0.717) is 17.3 Å². The van der Waals surface area contributed by atoms with Crippen LogP contribution in [0.3, 0.4) is 0 Å². The Morgan fingerprint density at radius 1 is 1.15 bits per heavy atom. The van der Waals surface area contributed by atoms with E-state index in [2.05, 4.69) is 0 Å². The molecule has 5 nitrogen and oxygen atoms in total. The monoisotopic (exact) mass is 372 g/mol. The Kier molecular flexibility index (Phi) is 5.61. The first kappa shape index (κ1) is 18.5. The zero-order valence-electron chi connectivity index (χ0n) is 14.4. The number of hydroxylamine groups is 1. The van der Waals surface area contributed by atoms with Crippen molar-refractivity contribution in [2.24, 2.45) is 5.92 Å². The molecule has 6 heteroatoms. The Hall–Kier alpha value is -2.34. The van der Waals surface area contributed by atoms with Gasteiger partial charge in [0.25, 0.3) is 0 Å². The van der Waals surface area contributed by atoms with Crippen molar-refractivity contribution in [1.82, 2.24) is 10.2 Å². The van der Waals surface area contributed by atoms with Crippen LogP contribution in [0.25, 0.3) is 0 Å². The number of benzene rings is 2. The summed E-state index contributed by atoms with van der Waals surface area (Å²) >= 11 is 5.99. The highest BCUT2D eigenvalue weighted by atomic mass is 35.5. The van der Waals surface area contributed by atoms with Crippen LogP contribution < -0.4 is 0 Å².